The van der Waals surface area contributed by atoms with E-state index in [2.05, 4.69) is 10.1 Å². The highest BCUT2D eigenvalue weighted by Crippen LogP contribution is 2.33. The number of pyridine rings is 1. The normalized spacial score (nSPS) is 12.6. The third-order valence-electron chi connectivity index (χ3n) is 3.90. The van der Waals surface area contributed by atoms with E-state index < -0.39 is 10.8 Å². The van der Waals surface area contributed by atoms with Gasteiger partial charge in [-0.25, -0.2) is 0 Å². The smallest absolute Gasteiger partial charge is 0.161 e. The Morgan fingerprint density at radius 1 is 1.12 bits per heavy atom. The molecule has 0 saturated heterocycles. The van der Waals surface area contributed by atoms with E-state index in [1.807, 2.05) is 55.8 Å². The van der Waals surface area contributed by atoms with Crippen LogP contribution >= 0.6 is 0 Å². The summed E-state index contributed by atoms with van der Waals surface area (Å²) in [6.45, 7) is 0. The Morgan fingerprint density at radius 3 is 2.58 bits per heavy atom. The van der Waals surface area contributed by atoms with E-state index in [9.17, 15) is 4.21 Å². The van der Waals surface area contributed by atoms with E-state index in [1.165, 1.54) is 0 Å². The second-order valence-electron chi connectivity index (χ2n) is 5.56. The van der Waals surface area contributed by atoms with Crippen molar-refractivity contribution in [3.05, 3.63) is 55.0 Å². The molecule has 0 aliphatic heterocycles. The summed E-state index contributed by atoms with van der Waals surface area (Å²) >= 11 is 0. The SMILES string of the molecule is Cn1cc(-c2ccnc3cc(-c4ccc(S(C)=O)cc4)oc23)cn1. The number of aryl methyl sites for hydroxylation is 1. The number of aromatic nitrogens is 3. The summed E-state index contributed by atoms with van der Waals surface area (Å²) in [4.78, 5) is 5.19. The standard InChI is InChI=1S/C18H15N3O2S/c1-21-11-13(10-20-21)15-7-8-19-16-9-17(23-18(15)16)12-3-5-14(6-4-12)24(2)22/h3-11H,1-2H3. The van der Waals surface area contributed by atoms with E-state index in [-0.39, 0.29) is 0 Å². The van der Waals surface area contributed by atoms with Gasteiger partial charge in [-0.2, -0.15) is 5.10 Å². The lowest BCUT2D eigenvalue weighted by molar-refractivity contribution is 0.632. The molecule has 0 spiro atoms. The number of fused-ring (bicyclic) bond motifs is 1. The van der Waals surface area contributed by atoms with Gasteiger partial charge in [0.15, 0.2) is 5.58 Å². The molecule has 4 aromatic rings. The summed E-state index contributed by atoms with van der Waals surface area (Å²) in [6.07, 6.45) is 7.19. The van der Waals surface area contributed by atoms with Crippen LogP contribution < -0.4 is 0 Å². The molecule has 0 fully saturated rings. The van der Waals surface area contributed by atoms with Crippen molar-refractivity contribution in [2.75, 3.05) is 6.26 Å². The predicted octanol–water partition coefficient (Wildman–Crippen LogP) is 3.63. The first-order chi connectivity index (χ1) is 11.6. The molecule has 3 heterocycles. The molecule has 0 amide bonds. The molecular weight excluding hydrogens is 322 g/mol. The van der Waals surface area contributed by atoms with Gasteiger partial charge in [0.05, 0.1) is 6.20 Å². The quantitative estimate of drug-likeness (QED) is 0.573. The Kier molecular flexibility index (Phi) is 3.54. The average Bonchev–Trinajstić information content (AvgIpc) is 3.20. The van der Waals surface area contributed by atoms with Gasteiger partial charge >= 0.3 is 0 Å². The Bertz CT molecular complexity index is 1050. The third-order valence-corrected chi connectivity index (χ3v) is 4.83. The summed E-state index contributed by atoms with van der Waals surface area (Å²) in [7, 11) is 0.897. The molecule has 0 aliphatic rings. The van der Waals surface area contributed by atoms with Gasteiger partial charge in [0.25, 0.3) is 0 Å². The zero-order chi connectivity index (χ0) is 16.7. The molecule has 0 radical (unpaired) electrons. The van der Waals surface area contributed by atoms with E-state index in [4.69, 9.17) is 4.42 Å². The Hall–Kier alpha value is -2.73. The summed E-state index contributed by atoms with van der Waals surface area (Å²) in [5.41, 5.74) is 4.42. The van der Waals surface area contributed by atoms with Crippen molar-refractivity contribution in [1.29, 1.82) is 0 Å². The van der Waals surface area contributed by atoms with Crippen molar-refractivity contribution in [2.45, 2.75) is 4.90 Å². The Morgan fingerprint density at radius 2 is 1.92 bits per heavy atom. The Labute approximate surface area is 141 Å². The predicted molar refractivity (Wildman–Crippen MR) is 94.0 cm³/mol. The van der Waals surface area contributed by atoms with E-state index in [0.717, 1.165) is 38.4 Å². The summed E-state index contributed by atoms with van der Waals surface area (Å²) in [5, 5.41) is 4.22. The highest BCUT2D eigenvalue weighted by molar-refractivity contribution is 7.84. The van der Waals surface area contributed by atoms with Crippen LogP contribution in [-0.4, -0.2) is 25.2 Å². The molecule has 1 atom stereocenters. The minimum absolute atomic E-state index is 0.738. The first-order valence-electron chi connectivity index (χ1n) is 7.43. The number of rotatable bonds is 3. The van der Waals surface area contributed by atoms with Crippen LogP contribution in [0.2, 0.25) is 0 Å². The van der Waals surface area contributed by atoms with Gasteiger partial charge in [-0.15, -0.1) is 0 Å². The van der Waals surface area contributed by atoms with Crippen LogP contribution in [0.5, 0.6) is 0 Å². The molecule has 4 rings (SSSR count). The van der Waals surface area contributed by atoms with Gasteiger partial charge in [0.1, 0.15) is 11.3 Å². The number of furan rings is 1. The van der Waals surface area contributed by atoms with Crippen LogP contribution in [0.25, 0.3) is 33.6 Å². The fourth-order valence-corrected chi connectivity index (χ4v) is 3.20. The molecule has 5 nitrogen and oxygen atoms in total. The lowest BCUT2D eigenvalue weighted by Gasteiger charge is -2.00. The number of benzene rings is 1. The van der Waals surface area contributed by atoms with Crippen LogP contribution in [0, 0.1) is 0 Å². The highest BCUT2D eigenvalue weighted by Gasteiger charge is 2.13. The molecular formula is C18H15N3O2S. The fourth-order valence-electron chi connectivity index (χ4n) is 2.68. The lowest BCUT2D eigenvalue weighted by atomic mass is 10.1. The second-order valence-corrected chi connectivity index (χ2v) is 6.94. The van der Waals surface area contributed by atoms with Gasteiger partial charge < -0.3 is 4.42 Å². The number of hydrogen-bond donors (Lipinski definition) is 0. The molecule has 0 saturated carbocycles. The van der Waals surface area contributed by atoms with Crippen LogP contribution in [0.1, 0.15) is 0 Å². The lowest BCUT2D eigenvalue weighted by Crippen LogP contribution is -1.86. The molecule has 1 aromatic carbocycles. The first-order valence-corrected chi connectivity index (χ1v) is 8.99. The molecule has 0 aliphatic carbocycles. The second kappa shape index (κ2) is 5.72. The molecule has 24 heavy (non-hydrogen) atoms. The minimum atomic E-state index is -0.987. The number of nitrogens with zero attached hydrogens (tertiary/aromatic N) is 3. The largest absolute Gasteiger partial charge is 0.454 e. The van der Waals surface area contributed by atoms with Crippen molar-refractivity contribution >= 4 is 21.9 Å². The summed E-state index contributed by atoms with van der Waals surface area (Å²) in [5.74, 6) is 0.738. The van der Waals surface area contributed by atoms with E-state index in [1.54, 1.807) is 17.1 Å². The highest BCUT2D eigenvalue weighted by atomic mass is 32.2. The van der Waals surface area contributed by atoms with Crippen molar-refractivity contribution < 1.29 is 8.63 Å². The maximum Gasteiger partial charge on any atom is 0.161 e. The van der Waals surface area contributed by atoms with Crippen LogP contribution in [0.3, 0.4) is 0 Å². The van der Waals surface area contributed by atoms with E-state index >= 15 is 0 Å². The maximum absolute atomic E-state index is 11.5. The fraction of sp³-hybridized carbons (Fsp3) is 0.111. The Balaban J connectivity index is 1.82. The van der Waals surface area contributed by atoms with Crippen LogP contribution in [0.4, 0.5) is 0 Å². The van der Waals surface area contributed by atoms with Gasteiger partial charge in [-0.1, -0.05) is 12.1 Å². The molecule has 6 heteroatoms. The van der Waals surface area contributed by atoms with Gasteiger partial charge in [0, 0.05) is 64.1 Å². The van der Waals surface area contributed by atoms with Gasteiger partial charge in [-0.05, 0) is 18.2 Å². The molecule has 0 N–H and O–H groups in total. The average molecular weight is 337 g/mol. The van der Waals surface area contributed by atoms with Crippen molar-refractivity contribution in [1.82, 2.24) is 14.8 Å². The van der Waals surface area contributed by atoms with E-state index in [0.29, 0.717) is 0 Å². The van der Waals surface area contributed by atoms with Crippen LogP contribution in [0.15, 0.2) is 64.3 Å². The third kappa shape index (κ3) is 2.55. The van der Waals surface area contributed by atoms with Crippen molar-refractivity contribution in [3.8, 4) is 22.5 Å². The topological polar surface area (TPSA) is 60.9 Å². The maximum atomic E-state index is 11.5. The number of hydrogen-bond acceptors (Lipinski definition) is 4. The molecule has 0 bridgehead atoms. The van der Waals surface area contributed by atoms with Crippen LogP contribution in [-0.2, 0) is 17.8 Å². The molecule has 3 aromatic heterocycles. The van der Waals surface area contributed by atoms with Gasteiger partial charge in [0.2, 0.25) is 0 Å². The van der Waals surface area contributed by atoms with Crippen molar-refractivity contribution in [3.63, 3.8) is 0 Å². The van der Waals surface area contributed by atoms with Crippen molar-refractivity contribution in [2.24, 2.45) is 7.05 Å². The summed E-state index contributed by atoms with van der Waals surface area (Å²) in [6, 6.07) is 11.4. The molecule has 1 unspecified atom stereocenters. The first kappa shape index (κ1) is 14.8. The minimum Gasteiger partial charge on any atom is -0.454 e. The zero-order valence-corrected chi connectivity index (χ0v) is 14.1. The van der Waals surface area contributed by atoms with Gasteiger partial charge in [-0.3, -0.25) is 13.9 Å². The zero-order valence-electron chi connectivity index (χ0n) is 13.3. The summed E-state index contributed by atoms with van der Waals surface area (Å²) < 4.78 is 19.3. The molecule has 120 valence electrons. The monoisotopic (exact) mass is 337 g/mol.